The lowest BCUT2D eigenvalue weighted by Gasteiger charge is -2.30. The number of furan rings is 1. The minimum absolute atomic E-state index is 0.194. The molecule has 4 nitrogen and oxygen atoms in total. The summed E-state index contributed by atoms with van der Waals surface area (Å²) in [7, 11) is 0. The molecular formula is C16H14O4. The van der Waals surface area contributed by atoms with E-state index in [1.807, 2.05) is 13.0 Å². The molecule has 2 aromatic rings. The molecule has 2 atom stereocenters. The molecule has 102 valence electrons. The van der Waals surface area contributed by atoms with Gasteiger partial charge in [0.15, 0.2) is 11.5 Å². The Morgan fingerprint density at radius 1 is 1.20 bits per heavy atom. The van der Waals surface area contributed by atoms with Gasteiger partial charge in [-0.15, -0.1) is 0 Å². The standard InChI is InChI=1S/C16H14O4/c1-2-11-14(16(18)13-8-5-9-19-13)15(17)10-6-3-4-7-12(10)20-11/h3-9,11,14H,2H2,1H3/t11-,14?/m1/s1. The van der Waals surface area contributed by atoms with E-state index in [4.69, 9.17) is 9.15 Å². The van der Waals surface area contributed by atoms with Gasteiger partial charge in [-0.2, -0.15) is 0 Å². The van der Waals surface area contributed by atoms with Crippen molar-refractivity contribution < 1.29 is 18.7 Å². The molecule has 1 unspecified atom stereocenters. The van der Waals surface area contributed by atoms with E-state index in [9.17, 15) is 9.59 Å². The van der Waals surface area contributed by atoms with Crippen LogP contribution < -0.4 is 4.74 Å². The molecule has 0 saturated heterocycles. The average Bonchev–Trinajstić information content (AvgIpc) is 3.00. The maximum absolute atomic E-state index is 12.6. The van der Waals surface area contributed by atoms with Crippen LogP contribution >= 0.6 is 0 Å². The summed E-state index contributed by atoms with van der Waals surface area (Å²) in [5, 5.41) is 0. The van der Waals surface area contributed by atoms with Crippen molar-refractivity contribution in [1.82, 2.24) is 0 Å². The van der Waals surface area contributed by atoms with Crippen LogP contribution in [-0.4, -0.2) is 17.7 Å². The molecule has 1 aromatic heterocycles. The predicted octanol–water partition coefficient (Wildman–Crippen LogP) is 3.13. The van der Waals surface area contributed by atoms with Crippen molar-refractivity contribution in [1.29, 1.82) is 0 Å². The number of carbonyl (C=O) groups excluding carboxylic acids is 2. The van der Waals surface area contributed by atoms with Crippen molar-refractivity contribution in [2.24, 2.45) is 5.92 Å². The zero-order chi connectivity index (χ0) is 14.1. The van der Waals surface area contributed by atoms with E-state index >= 15 is 0 Å². The van der Waals surface area contributed by atoms with Crippen molar-refractivity contribution in [2.45, 2.75) is 19.4 Å². The number of para-hydroxylation sites is 1. The van der Waals surface area contributed by atoms with Crippen molar-refractivity contribution in [2.75, 3.05) is 0 Å². The van der Waals surface area contributed by atoms with E-state index in [0.717, 1.165) is 0 Å². The Morgan fingerprint density at radius 3 is 2.70 bits per heavy atom. The van der Waals surface area contributed by atoms with Gasteiger partial charge in [0, 0.05) is 0 Å². The molecule has 4 heteroatoms. The second kappa shape index (κ2) is 4.96. The number of rotatable bonds is 3. The number of Topliss-reactive ketones (excluding diaryl/α,β-unsaturated/α-hetero) is 2. The van der Waals surface area contributed by atoms with Crippen molar-refractivity contribution >= 4 is 11.6 Å². The Morgan fingerprint density at radius 2 is 2.00 bits per heavy atom. The van der Waals surface area contributed by atoms with Crippen molar-refractivity contribution in [3.05, 3.63) is 54.0 Å². The predicted molar refractivity (Wildman–Crippen MR) is 72.0 cm³/mol. The van der Waals surface area contributed by atoms with Crippen molar-refractivity contribution in [3.8, 4) is 5.75 Å². The van der Waals surface area contributed by atoms with E-state index in [-0.39, 0.29) is 17.3 Å². The van der Waals surface area contributed by atoms with Gasteiger partial charge in [-0.3, -0.25) is 9.59 Å². The summed E-state index contributed by atoms with van der Waals surface area (Å²) < 4.78 is 10.9. The van der Waals surface area contributed by atoms with Crippen LogP contribution in [0.3, 0.4) is 0 Å². The Hall–Kier alpha value is -2.36. The Labute approximate surface area is 116 Å². The lowest BCUT2D eigenvalue weighted by atomic mass is 9.84. The summed E-state index contributed by atoms with van der Waals surface area (Å²) in [6.07, 6.45) is 1.56. The van der Waals surface area contributed by atoms with Crippen LogP contribution in [0.1, 0.15) is 34.3 Å². The van der Waals surface area contributed by atoms with Gasteiger partial charge in [0.05, 0.1) is 11.8 Å². The molecule has 2 heterocycles. The first-order chi connectivity index (χ1) is 9.72. The number of hydrogen-bond donors (Lipinski definition) is 0. The first kappa shape index (κ1) is 12.7. The molecule has 20 heavy (non-hydrogen) atoms. The molecule has 1 aromatic carbocycles. The zero-order valence-corrected chi connectivity index (χ0v) is 11.0. The van der Waals surface area contributed by atoms with E-state index in [1.54, 1.807) is 30.3 Å². The first-order valence-electron chi connectivity index (χ1n) is 6.60. The fourth-order valence-corrected chi connectivity index (χ4v) is 2.52. The highest BCUT2D eigenvalue weighted by molar-refractivity contribution is 6.17. The minimum atomic E-state index is -0.832. The molecule has 1 aliphatic rings. The Balaban J connectivity index is 2.02. The average molecular weight is 270 g/mol. The number of hydrogen-bond acceptors (Lipinski definition) is 4. The number of ether oxygens (including phenoxy) is 1. The summed E-state index contributed by atoms with van der Waals surface area (Å²) >= 11 is 0. The van der Waals surface area contributed by atoms with Crippen LogP contribution in [0.2, 0.25) is 0 Å². The van der Waals surface area contributed by atoms with Gasteiger partial charge >= 0.3 is 0 Å². The maximum Gasteiger partial charge on any atom is 0.212 e. The van der Waals surface area contributed by atoms with E-state index < -0.39 is 12.0 Å². The van der Waals surface area contributed by atoms with Crippen LogP contribution in [0.4, 0.5) is 0 Å². The summed E-state index contributed by atoms with van der Waals surface area (Å²) in [4.78, 5) is 25.0. The zero-order valence-electron chi connectivity index (χ0n) is 11.0. The number of fused-ring (bicyclic) bond motifs is 1. The third-order valence-corrected chi connectivity index (χ3v) is 3.53. The Kier molecular flexibility index (Phi) is 3.14. The highest BCUT2D eigenvalue weighted by Gasteiger charge is 2.42. The van der Waals surface area contributed by atoms with E-state index in [0.29, 0.717) is 17.7 Å². The quantitative estimate of drug-likeness (QED) is 0.635. The molecule has 0 radical (unpaired) electrons. The largest absolute Gasteiger partial charge is 0.488 e. The van der Waals surface area contributed by atoms with Crippen LogP contribution in [0.5, 0.6) is 5.75 Å². The van der Waals surface area contributed by atoms with Gasteiger partial charge < -0.3 is 9.15 Å². The van der Waals surface area contributed by atoms with Gasteiger partial charge in [-0.25, -0.2) is 0 Å². The van der Waals surface area contributed by atoms with Crippen LogP contribution in [-0.2, 0) is 0 Å². The van der Waals surface area contributed by atoms with Gasteiger partial charge in [-0.05, 0) is 30.7 Å². The SMILES string of the molecule is CC[C@H]1Oc2ccccc2C(=O)C1C(=O)c1ccco1. The van der Waals surface area contributed by atoms with Gasteiger partial charge in [0.25, 0.3) is 0 Å². The summed E-state index contributed by atoms with van der Waals surface area (Å²) in [6, 6.07) is 10.2. The molecule has 1 aliphatic heterocycles. The van der Waals surface area contributed by atoms with Gasteiger partial charge in [0.1, 0.15) is 17.8 Å². The summed E-state index contributed by atoms with van der Waals surface area (Å²) in [5.74, 6) is -0.597. The number of ketones is 2. The molecular weight excluding hydrogens is 256 g/mol. The first-order valence-corrected chi connectivity index (χ1v) is 6.60. The monoisotopic (exact) mass is 270 g/mol. The highest BCUT2D eigenvalue weighted by Crippen LogP contribution is 2.33. The van der Waals surface area contributed by atoms with E-state index in [2.05, 4.69) is 0 Å². The second-order valence-corrected chi connectivity index (χ2v) is 4.74. The summed E-state index contributed by atoms with van der Waals surface area (Å²) in [5.41, 5.74) is 0.460. The normalized spacial score (nSPS) is 21.1. The van der Waals surface area contributed by atoms with Gasteiger partial charge in [0.2, 0.25) is 5.78 Å². The van der Waals surface area contributed by atoms with Crippen molar-refractivity contribution in [3.63, 3.8) is 0 Å². The molecule has 0 fully saturated rings. The number of carbonyl (C=O) groups is 2. The minimum Gasteiger partial charge on any atom is -0.488 e. The lowest BCUT2D eigenvalue weighted by Crippen LogP contribution is -2.42. The Bertz CT molecular complexity index is 642. The van der Waals surface area contributed by atoms with Crippen LogP contribution in [0.25, 0.3) is 0 Å². The molecule has 0 N–H and O–H groups in total. The maximum atomic E-state index is 12.6. The fourth-order valence-electron chi connectivity index (χ4n) is 2.52. The third-order valence-electron chi connectivity index (χ3n) is 3.53. The van der Waals surface area contributed by atoms with E-state index in [1.165, 1.54) is 6.26 Å². The molecule has 0 aliphatic carbocycles. The van der Waals surface area contributed by atoms with Crippen LogP contribution in [0, 0.1) is 5.92 Å². The molecule has 0 bridgehead atoms. The third kappa shape index (κ3) is 1.93. The smallest absolute Gasteiger partial charge is 0.212 e. The second-order valence-electron chi connectivity index (χ2n) is 4.74. The van der Waals surface area contributed by atoms with Gasteiger partial charge in [-0.1, -0.05) is 19.1 Å². The molecule has 0 saturated carbocycles. The fraction of sp³-hybridized carbons (Fsp3) is 0.250. The molecule has 0 spiro atoms. The molecule has 0 amide bonds. The highest BCUT2D eigenvalue weighted by atomic mass is 16.5. The lowest BCUT2D eigenvalue weighted by molar-refractivity contribution is 0.0549. The molecule has 3 rings (SSSR count). The number of benzene rings is 1. The summed E-state index contributed by atoms with van der Waals surface area (Å²) in [6.45, 7) is 1.90. The topological polar surface area (TPSA) is 56.5 Å². The van der Waals surface area contributed by atoms with Crippen LogP contribution in [0.15, 0.2) is 47.1 Å².